The highest BCUT2D eigenvalue weighted by molar-refractivity contribution is 6.12. The Kier molecular flexibility index (Phi) is 5.99. The number of pyridine rings is 1. The number of nitro groups is 1. The van der Waals surface area contributed by atoms with Crippen molar-refractivity contribution < 1.29 is 9.72 Å². The average Bonchev–Trinajstić information content (AvgIpc) is 2.83. The number of nitro benzene ring substituents is 1. The molecule has 0 radical (unpaired) electrons. The van der Waals surface area contributed by atoms with Gasteiger partial charge < -0.3 is 0 Å². The molecule has 0 fully saturated rings. The van der Waals surface area contributed by atoms with Crippen molar-refractivity contribution in [1.82, 2.24) is 4.98 Å². The number of hydrogen-bond donors (Lipinski definition) is 0. The Labute approximate surface area is 185 Å². The van der Waals surface area contributed by atoms with Crippen LogP contribution in [0.3, 0.4) is 0 Å². The summed E-state index contributed by atoms with van der Waals surface area (Å²) in [6.45, 7) is 1.83. The normalized spacial score (nSPS) is 10.9. The highest BCUT2D eigenvalue weighted by atomic mass is 16.6. The molecule has 1 heterocycles. The van der Waals surface area contributed by atoms with Gasteiger partial charge in [-0.15, -0.1) is 0 Å². The first-order valence-corrected chi connectivity index (χ1v) is 10.1. The molecule has 5 nitrogen and oxygen atoms in total. The predicted octanol–water partition coefficient (Wildman–Crippen LogP) is 6.53. The van der Waals surface area contributed by atoms with E-state index in [4.69, 9.17) is 4.98 Å². The van der Waals surface area contributed by atoms with Crippen molar-refractivity contribution in [2.75, 3.05) is 0 Å². The molecular formula is C27H20N2O3. The van der Waals surface area contributed by atoms with Crippen LogP contribution in [0.4, 0.5) is 5.69 Å². The Morgan fingerprint density at radius 2 is 1.53 bits per heavy atom. The molecule has 0 saturated carbocycles. The van der Waals surface area contributed by atoms with Crippen LogP contribution in [-0.2, 0) is 0 Å². The van der Waals surface area contributed by atoms with E-state index in [1.54, 1.807) is 18.2 Å². The molecule has 4 aromatic rings. The lowest BCUT2D eigenvalue weighted by Gasteiger charge is -2.13. The number of allylic oxidation sites excluding steroid dienone is 1. The molecule has 0 aliphatic carbocycles. The van der Waals surface area contributed by atoms with Gasteiger partial charge in [0.15, 0.2) is 5.78 Å². The van der Waals surface area contributed by atoms with E-state index in [0.29, 0.717) is 16.8 Å². The number of rotatable bonds is 6. The third-order valence-electron chi connectivity index (χ3n) is 5.11. The van der Waals surface area contributed by atoms with Gasteiger partial charge in [0, 0.05) is 23.4 Å². The van der Waals surface area contributed by atoms with Crippen LogP contribution in [0.15, 0.2) is 97.1 Å². The summed E-state index contributed by atoms with van der Waals surface area (Å²) >= 11 is 0. The zero-order chi connectivity index (χ0) is 22.5. The van der Waals surface area contributed by atoms with E-state index >= 15 is 0 Å². The molecule has 0 aliphatic rings. The highest BCUT2D eigenvalue weighted by Crippen LogP contribution is 2.31. The van der Waals surface area contributed by atoms with E-state index < -0.39 is 4.92 Å². The van der Waals surface area contributed by atoms with Crippen LogP contribution >= 0.6 is 0 Å². The number of aromatic nitrogens is 1. The molecular weight excluding hydrogens is 400 g/mol. The minimum Gasteiger partial charge on any atom is -0.289 e. The number of benzene rings is 3. The first kappa shape index (κ1) is 20.9. The predicted molar refractivity (Wildman–Crippen MR) is 126 cm³/mol. The Morgan fingerprint density at radius 3 is 2.19 bits per heavy atom. The fraction of sp³-hybridized carbons (Fsp3) is 0.0370. The van der Waals surface area contributed by atoms with Crippen LogP contribution in [0, 0.1) is 17.0 Å². The summed E-state index contributed by atoms with van der Waals surface area (Å²) in [5, 5.41) is 11.0. The third-order valence-corrected chi connectivity index (χ3v) is 5.11. The summed E-state index contributed by atoms with van der Waals surface area (Å²) in [7, 11) is 0. The van der Waals surface area contributed by atoms with Crippen LogP contribution in [0.5, 0.6) is 0 Å². The lowest BCUT2D eigenvalue weighted by molar-refractivity contribution is -0.384. The number of nitrogens with zero attached hydrogens (tertiary/aromatic N) is 2. The van der Waals surface area contributed by atoms with Crippen LogP contribution < -0.4 is 0 Å². The Hall–Kier alpha value is -4.38. The van der Waals surface area contributed by atoms with Crippen LogP contribution in [0.1, 0.15) is 21.6 Å². The standard InChI is InChI=1S/C27H20N2O3/c1-19-27(26(30)16-15-20-9-8-14-23(17-20)29(31)32)24(21-10-4-2-5-11-21)18-25(28-19)22-12-6-3-7-13-22/h2-18H,1H3. The Balaban J connectivity index is 1.78. The van der Waals surface area contributed by atoms with Crippen LogP contribution in [-0.4, -0.2) is 15.7 Å². The monoisotopic (exact) mass is 420 g/mol. The van der Waals surface area contributed by atoms with Gasteiger partial charge in [0.05, 0.1) is 16.2 Å². The summed E-state index contributed by atoms with van der Waals surface area (Å²) < 4.78 is 0. The van der Waals surface area contributed by atoms with Crippen molar-refractivity contribution >= 4 is 17.5 Å². The molecule has 0 aliphatic heterocycles. The summed E-state index contributed by atoms with van der Waals surface area (Å²) in [5.74, 6) is -0.208. The molecule has 0 saturated heterocycles. The van der Waals surface area contributed by atoms with Crippen LogP contribution in [0.25, 0.3) is 28.5 Å². The van der Waals surface area contributed by atoms with Crippen molar-refractivity contribution in [3.05, 3.63) is 124 Å². The first-order chi connectivity index (χ1) is 15.5. The summed E-state index contributed by atoms with van der Waals surface area (Å²) in [6, 6.07) is 27.7. The minimum absolute atomic E-state index is 0.0189. The molecule has 0 N–H and O–H groups in total. The van der Waals surface area contributed by atoms with E-state index in [2.05, 4.69) is 0 Å². The second-order valence-corrected chi connectivity index (χ2v) is 7.30. The van der Waals surface area contributed by atoms with Crippen LogP contribution in [0.2, 0.25) is 0 Å². The van der Waals surface area contributed by atoms with Gasteiger partial charge >= 0.3 is 0 Å². The Bertz CT molecular complexity index is 1310. The average molecular weight is 420 g/mol. The largest absolute Gasteiger partial charge is 0.289 e. The summed E-state index contributed by atoms with van der Waals surface area (Å²) in [4.78, 5) is 28.5. The van der Waals surface area contributed by atoms with Crippen molar-refractivity contribution in [2.24, 2.45) is 0 Å². The molecule has 0 spiro atoms. The second-order valence-electron chi connectivity index (χ2n) is 7.30. The van der Waals surface area contributed by atoms with Gasteiger partial charge in [-0.1, -0.05) is 78.9 Å². The first-order valence-electron chi connectivity index (χ1n) is 10.1. The van der Waals surface area contributed by atoms with Gasteiger partial charge in [-0.3, -0.25) is 19.9 Å². The maximum absolute atomic E-state index is 13.2. The maximum atomic E-state index is 13.2. The van der Waals surface area contributed by atoms with E-state index in [0.717, 1.165) is 22.4 Å². The number of non-ortho nitro benzene ring substituents is 1. The molecule has 156 valence electrons. The van der Waals surface area contributed by atoms with E-state index in [9.17, 15) is 14.9 Å². The number of hydrogen-bond acceptors (Lipinski definition) is 4. The highest BCUT2D eigenvalue weighted by Gasteiger charge is 2.17. The number of ketones is 1. The second kappa shape index (κ2) is 9.18. The topological polar surface area (TPSA) is 73.1 Å². The SMILES string of the molecule is Cc1nc(-c2ccccc2)cc(-c2ccccc2)c1C(=O)C=Cc1cccc([N+](=O)[O-])c1. The van der Waals surface area contributed by atoms with E-state index in [1.165, 1.54) is 18.2 Å². The molecule has 0 atom stereocenters. The quantitative estimate of drug-likeness (QED) is 0.154. The van der Waals surface area contributed by atoms with Gasteiger partial charge in [0.2, 0.25) is 0 Å². The molecule has 3 aromatic carbocycles. The lowest BCUT2D eigenvalue weighted by atomic mass is 9.93. The molecule has 0 bridgehead atoms. The van der Waals surface area contributed by atoms with Crippen molar-refractivity contribution in [3.63, 3.8) is 0 Å². The maximum Gasteiger partial charge on any atom is 0.270 e. The van der Waals surface area contributed by atoms with Gasteiger partial charge in [-0.25, -0.2) is 0 Å². The van der Waals surface area contributed by atoms with E-state index in [-0.39, 0.29) is 11.5 Å². The minimum atomic E-state index is -0.455. The fourth-order valence-corrected chi connectivity index (χ4v) is 3.58. The summed E-state index contributed by atoms with van der Waals surface area (Å²) in [5.41, 5.74) is 5.18. The smallest absolute Gasteiger partial charge is 0.270 e. The van der Waals surface area contributed by atoms with Crippen molar-refractivity contribution in [3.8, 4) is 22.4 Å². The molecule has 32 heavy (non-hydrogen) atoms. The number of aryl methyl sites for hydroxylation is 1. The number of carbonyl (C=O) groups is 1. The molecule has 5 heteroatoms. The summed E-state index contributed by atoms with van der Waals surface area (Å²) in [6.07, 6.45) is 3.03. The van der Waals surface area contributed by atoms with E-state index in [1.807, 2.05) is 73.7 Å². The van der Waals surface area contributed by atoms with Crippen molar-refractivity contribution in [2.45, 2.75) is 6.92 Å². The molecule has 1 aromatic heterocycles. The van der Waals surface area contributed by atoms with Gasteiger partial charge in [-0.2, -0.15) is 0 Å². The molecule has 0 unspecified atom stereocenters. The van der Waals surface area contributed by atoms with Crippen molar-refractivity contribution in [1.29, 1.82) is 0 Å². The zero-order valence-electron chi connectivity index (χ0n) is 17.4. The molecule has 4 rings (SSSR count). The zero-order valence-corrected chi connectivity index (χ0v) is 17.4. The van der Waals surface area contributed by atoms with Gasteiger partial charge in [-0.05, 0) is 35.8 Å². The van der Waals surface area contributed by atoms with Gasteiger partial charge in [0.1, 0.15) is 0 Å². The molecule has 0 amide bonds. The van der Waals surface area contributed by atoms with Gasteiger partial charge in [0.25, 0.3) is 5.69 Å². The third kappa shape index (κ3) is 4.52. The number of carbonyl (C=O) groups excluding carboxylic acids is 1. The Morgan fingerprint density at radius 1 is 0.875 bits per heavy atom. The fourth-order valence-electron chi connectivity index (χ4n) is 3.58. The lowest BCUT2D eigenvalue weighted by Crippen LogP contribution is -2.05.